The molecule has 5 heteroatoms. The molecule has 4 nitrogen and oxygen atoms in total. The summed E-state index contributed by atoms with van der Waals surface area (Å²) in [5, 5.41) is 2.98. The molecule has 220 valence electrons. The average Bonchev–Trinajstić information content (AvgIpc) is 3.15. The van der Waals surface area contributed by atoms with Crippen LogP contribution in [0.2, 0.25) is 0 Å². The third kappa shape index (κ3) is 6.76. The number of hydrogen-bond donors (Lipinski definition) is 1. The fourth-order valence-electron chi connectivity index (χ4n) is 9.44. The van der Waals surface area contributed by atoms with Crippen LogP contribution in [0, 0.1) is 46.3 Å². The fourth-order valence-corrected chi connectivity index (χ4v) is 9.44. The average molecular weight is 551 g/mol. The lowest BCUT2D eigenvalue weighted by Crippen LogP contribution is -3.00. The number of carbonyl (C=O) groups is 1. The van der Waals surface area contributed by atoms with E-state index < -0.39 is 0 Å². The molecule has 0 radical (unpaired) electrons. The first-order valence-corrected chi connectivity index (χ1v) is 15.8. The zero-order chi connectivity index (χ0) is 27.0. The topological polar surface area (TPSA) is 38.3 Å². The number of ether oxygens (including phenoxy) is 1. The summed E-state index contributed by atoms with van der Waals surface area (Å²) in [6.07, 6.45) is 16.8. The molecule has 0 saturated heterocycles. The quantitative estimate of drug-likeness (QED) is 0.330. The zero-order valence-corrected chi connectivity index (χ0v) is 26.7. The number of alkyl carbamates (subject to hydrolysis) is 1. The maximum Gasteiger partial charge on any atom is 0.407 e. The predicted octanol–water partition coefficient (Wildman–Crippen LogP) is 4.83. The fraction of sp³-hybridized carbons (Fsp3) is 0.909. The molecular formula is C33H59ClN2O2. The van der Waals surface area contributed by atoms with Crippen LogP contribution in [0.15, 0.2) is 11.6 Å². The van der Waals surface area contributed by atoms with E-state index in [9.17, 15) is 4.79 Å². The number of nitrogens with one attached hydrogen (secondary N) is 1. The molecule has 0 unspecified atom stereocenters. The number of hydrogen-bond acceptors (Lipinski definition) is 2. The third-order valence-corrected chi connectivity index (χ3v) is 11.6. The summed E-state index contributed by atoms with van der Waals surface area (Å²) in [6, 6.07) is 0. The molecule has 0 aliphatic heterocycles. The lowest BCUT2D eigenvalue weighted by Gasteiger charge is -2.58. The number of rotatable bonds is 9. The van der Waals surface area contributed by atoms with Crippen molar-refractivity contribution in [2.75, 3.05) is 34.2 Å². The van der Waals surface area contributed by atoms with Crippen LogP contribution in [0.5, 0.6) is 0 Å². The summed E-state index contributed by atoms with van der Waals surface area (Å²) < 4.78 is 6.75. The highest BCUT2D eigenvalue weighted by atomic mass is 35.5. The van der Waals surface area contributed by atoms with Crippen LogP contribution >= 0.6 is 0 Å². The molecule has 0 aromatic carbocycles. The van der Waals surface area contributed by atoms with Crippen LogP contribution in [0.1, 0.15) is 105 Å². The molecule has 8 atom stereocenters. The number of amides is 1. The Labute approximate surface area is 241 Å². The number of quaternary nitrogens is 1. The van der Waals surface area contributed by atoms with Crippen LogP contribution < -0.4 is 17.7 Å². The van der Waals surface area contributed by atoms with Gasteiger partial charge >= 0.3 is 6.09 Å². The summed E-state index contributed by atoms with van der Waals surface area (Å²) in [5.41, 5.74) is 2.46. The van der Waals surface area contributed by atoms with Crippen molar-refractivity contribution in [3.8, 4) is 0 Å². The molecular weight excluding hydrogens is 492 g/mol. The molecule has 0 heterocycles. The van der Waals surface area contributed by atoms with Crippen molar-refractivity contribution >= 4 is 6.09 Å². The van der Waals surface area contributed by atoms with E-state index in [0.29, 0.717) is 17.4 Å². The van der Waals surface area contributed by atoms with Gasteiger partial charge in [-0.05, 0) is 91.3 Å². The monoisotopic (exact) mass is 550 g/mol. The molecule has 0 aromatic rings. The Balaban J connectivity index is 0.00000400. The SMILES string of the molecule is CC(C)CCC[C@@H](C)[C@H]1CC[C@H]2[C@@H]3CC=C4C[C@@H](OC(=O)NCC[N+](C)(C)C)CC[C@]4(C)[C@H]3CC[C@]12C.[Cl-]. The summed E-state index contributed by atoms with van der Waals surface area (Å²) in [7, 11) is 6.43. The van der Waals surface area contributed by atoms with Crippen molar-refractivity contribution in [1.29, 1.82) is 0 Å². The molecule has 3 saturated carbocycles. The highest BCUT2D eigenvalue weighted by molar-refractivity contribution is 5.67. The van der Waals surface area contributed by atoms with Gasteiger partial charge in [0.1, 0.15) is 6.10 Å². The maximum absolute atomic E-state index is 12.5. The molecule has 0 spiro atoms. The van der Waals surface area contributed by atoms with Crippen LogP contribution in [0.3, 0.4) is 0 Å². The van der Waals surface area contributed by atoms with Crippen molar-refractivity contribution in [2.24, 2.45) is 46.3 Å². The van der Waals surface area contributed by atoms with E-state index >= 15 is 0 Å². The van der Waals surface area contributed by atoms with Crippen molar-refractivity contribution in [1.82, 2.24) is 5.32 Å². The summed E-state index contributed by atoms with van der Waals surface area (Å²) >= 11 is 0. The first-order chi connectivity index (χ1) is 17.3. The van der Waals surface area contributed by atoms with E-state index in [4.69, 9.17) is 4.74 Å². The number of allylic oxidation sites excluding steroid dienone is 1. The summed E-state index contributed by atoms with van der Waals surface area (Å²) in [6.45, 7) is 14.1. The third-order valence-electron chi connectivity index (χ3n) is 11.6. The van der Waals surface area contributed by atoms with Gasteiger partial charge in [0, 0.05) is 6.42 Å². The first kappa shape index (κ1) is 31.8. The lowest BCUT2D eigenvalue weighted by molar-refractivity contribution is -0.869. The van der Waals surface area contributed by atoms with Gasteiger partial charge in [0.25, 0.3) is 0 Å². The predicted molar refractivity (Wildman–Crippen MR) is 154 cm³/mol. The van der Waals surface area contributed by atoms with Gasteiger partial charge in [-0.1, -0.05) is 65.5 Å². The van der Waals surface area contributed by atoms with Gasteiger partial charge < -0.3 is 26.9 Å². The van der Waals surface area contributed by atoms with E-state index in [1.165, 1.54) is 57.8 Å². The summed E-state index contributed by atoms with van der Waals surface area (Å²) in [5.74, 6) is 5.21. The number of carbonyl (C=O) groups excluding carboxylic acids is 1. The van der Waals surface area contributed by atoms with Crippen LogP contribution in [-0.2, 0) is 4.74 Å². The number of likely N-dealkylation sites (N-methyl/N-ethyl adjacent to an activating group) is 1. The van der Waals surface area contributed by atoms with Crippen LogP contribution in [-0.4, -0.2) is 50.9 Å². The minimum Gasteiger partial charge on any atom is -1.00 e. The first-order valence-electron chi connectivity index (χ1n) is 15.8. The molecule has 0 bridgehead atoms. The highest BCUT2D eigenvalue weighted by Gasteiger charge is 2.59. The van der Waals surface area contributed by atoms with E-state index in [1.54, 1.807) is 5.57 Å². The minimum absolute atomic E-state index is 0. The minimum atomic E-state index is -0.232. The van der Waals surface area contributed by atoms with E-state index in [1.807, 2.05) is 0 Å². The Morgan fingerprint density at radius 2 is 1.79 bits per heavy atom. The molecule has 1 amide bonds. The molecule has 0 aromatic heterocycles. The Morgan fingerprint density at radius 3 is 2.47 bits per heavy atom. The summed E-state index contributed by atoms with van der Waals surface area (Å²) in [4.78, 5) is 12.5. The zero-order valence-electron chi connectivity index (χ0n) is 26.0. The Hall–Kier alpha value is -0.740. The van der Waals surface area contributed by atoms with Crippen molar-refractivity contribution in [3.63, 3.8) is 0 Å². The van der Waals surface area contributed by atoms with Gasteiger partial charge in [0.05, 0.1) is 34.2 Å². The van der Waals surface area contributed by atoms with Gasteiger partial charge in [0.15, 0.2) is 0 Å². The van der Waals surface area contributed by atoms with Gasteiger partial charge in [-0.25, -0.2) is 4.79 Å². The molecule has 4 aliphatic rings. The standard InChI is InChI=1S/C33H58N2O2.ClH/c1-23(2)10-9-11-24(3)28-14-15-29-27-13-12-25-22-26(37-31(36)34-20-21-35(6,7)8)16-18-32(25,4)30(27)17-19-33(28,29)5;/h12,23-24,26-30H,9-11,13-22H2,1-8H3;1H/t24-,26+,27+,28-,29+,30+,32+,33-;/m1./s1. The smallest absolute Gasteiger partial charge is 0.407 e. The maximum atomic E-state index is 12.5. The van der Waals surface area contributed by atoms with Gasteiger partial charge in [-0.3, -0.25) is 0 Å². The van der Waals surface area contributed by atoms with Crippen LogP contribution in [0.4, 0.5) is 4.79 Å². The van der Waals surface area contributed by atoms with E-state index in [-0.39, 0.29) is 24.6 Å². The molecule has 3 fully saturated rings. The second kappa shape index (κ2) is 12.4. The highest BCUT2D eigenvalue weighted by Crippen LogP contribution is 2.67. The van der Waals surface area contributed by atoms with Crippen molar-refractivity contribution in [2.45, 2.75) is 111 Å². The largest absolute Gasteiger partial charge is 1.00 e. The van der Waals surface area contributed by atoms with Gasteiger partial charge in [-0.15, -0.1) is 0 Å². The van der Waals surface area contributed by atoms with Gasteiger partial charge in [-0.2, -0.15) is 0 Å². The van der Waals surface area contributed by atoms with Crippen LogP contribution in [0.25, 0.3) is 0 Å². The lowest BCUT2D eigenvalue weighted by atomic mass is 9.47. The molecule has 4 rings (SSSR count). The normalized spacial score (nSPS) is 37.3. The Bertz CT molecular complexity index is 835. The van der Waals surface area contributed by atoms with Crippen molar-refractivity contribution < 1.29 is 26.4 Å². The molecule has 1 N–H and O–H groups in total. The molecule has 38 heavy (non-hydrogen) atoms. The number of halogens is 1. The Kier molecular flexibility index (Phi) is 10.4. The number of nitrogens with zero attached hydrogens (tertiary/aromatic N) is 1. The Morgan fingerprint density at radius 1 is 1.05 bits per heavy atom. The van der Waals surface area contributed by atoms with Gasteiger partial charge in [0.2, 0.25) is 0 Å². The van der Waals surface area contributed by atoms with E-state index in [0.717, 1.165) is 59.4 Å². The second-order valence-corrected chi connectivity index (χ2v) is 15.5. The molecule has 4 aliphatic carbocycles. The van der Waals surface area contributed by atoms with E-state index in [2.05, 4.69) is 67.2 Å². The second-order valence-electron chi connectivity index (χ2n) is 15.5. The number of fused-ring (bicyclic) bond motifs is 5. The van der Waals surface area contributed by atoms with Crippen molar-refractivity contribution in [3.05, 3.63) is 11.6 Å².